The molecule has 0 aliphatic carbocycles. The van der Waals surface area contributed by atoms with Gasteiger partial charge in [-0.25, -0.2) is 9.78 Å². The molecule has 0 saturated heterocycles. The minimum atomic E-state index is -1.68. The molecule has 0 aromatic carbocycles. The van der Waals surface area contributed by atoms with Crippen molar-refractivity contribution in [2.75, 3.05) is 0 Å². The summed E-state index contributed by atoms with van der Waals surface area (Å²) in [6, 6.07) is -5.64. The summed E-state index contributed by atoms with van der Waals surface area (Å²) in [4.78, 5) is 65.8. The lowest BCUT2D eigenvalue weighted by Gasteiger charge is -2.25. The van der Waals surface area contributed by atoms with Crippen LogP contribution in [0.1, 0.15) is 26.0 Å². The number of aliphatic carboxylic acids is 2. The predicted octanol–water partition coefficient (Wildman–Crippen LogP) is -3.31. The zero-order valence-electron chi connectivity index (χ0n) is 16.9. The van der Waals surface area contributed by atoms with E-state index in [0.29, 0.717) is 5.69 Å². The molecule has 172 valence electrons. The molecule has 3 amide bonds. The van der Waals surface area contributed by atoms with Gasteiger partial charge in [0.05, 0.1) is 24.9 Å². The third kappa shape index (κ3) is 8.39. The van der Waals surface area contributed by atoms with Crippen LogP contribution in [0.15, 0.2) is 12.5 Å². The summed E-state index contributed by atoms with van der Waals surface area (Å²) in [5, 5.41) is 34.7. The second kappa shape index (κ2) is 11.6. The first-order valence-corrected chi connectivity index (χ1v) is 9.19. The van der Waals surface area contributed by atoms with E-state index < -0.39 is 66.4 Å². The van der Waals surface area contributed by atoms with E-state index in [1.807, 2.05) is 0 Å². The summed E-state index contributed by atoms with van der Waals surface area (Å²) in [5.41, 5.74) is 5.81. The SMILES string of the molecule is CC(N)C(=O)NC(C(=O)NC(CC(=O)O)C(=O)NC(Cc1cnc[nH]1)C(=O)O)C(C)O. The minimum Gasteiger partial charge on any atom is -0.481 e. The highest BCUT2D eigenvalue weighted by atomic mass is 16.4. The number of aromatic nitrogens is 2. The molecule has 0 spiro atoms. The lowest BCUT2D eigenvalue weighted by atomic mass is 10.1. The fraction of sp³-hybridized carbons (Fsp3) is 0.529. The van der Waals surface area contributed by atoms with Crippen LogP contribution in [0.5, 0.6) is 0 Å². The normalized spacial score (nSPS) is 15.6. The maximum atomic E-state index is 12.5. The second-order valence-electron chi connectivity index (χ2n) is 6.85. The zero-order valence-corrected chi connectivity index (χ0v) is 16.9. The number of nitrogens with zero attached hydrogens (tertiary/aromatic N) is 1. The van der Waals surface area contributed by atoms with Crippen LogP contribution in [0.4, 0.5) is 0 Å². The molecule has 5 atom stereocenters. The Hall–Kier alpha value is -3.52. The van der Waals surface area contributed by atoms with Gasteiger partial charge in [0, 0.05) is 18.3 Å². The molecule has 1 heterocycles. The molecular weight excluding hydrogens is 416 g/mol. The van der Waals surface area contributed by atoms with E-state index in [-0.39, 0.29) is 6.42 Å². The van der Waals surface area contributed by atoms with Crippen molar-refractivity contribution in [2.24, 2.45) is 5.73 Å². The van der Waals surface area contributed by atoms with Crippen molar-refractivity contribution in [2.45, 2.75) is 57.0 Å². The Balaban J connectivity index is 2.95. The zero-order chi connectivity index (χ0) is 23.7. The maximum absolute atomic E-state index is 12.5. The van der Waals surface area contributed by atoms with Crippen LogP contribution < -0.4 is 21.7 Å². The Labute approximate surface area is 176 Å². The van der Waals surface area contributed by atoms with Gasteiger partial charge in [0.1, 0.15) is 18.1 Å². The van der Waals surface area contributed by atoms with Gasteiger partial charge in [0.25, 0.3) is 0 Å². The third-order valence-corrected chi connectivity index (χ3v) is 4.08. The molecule has 0 radical (unpaired) electrons. The van der Waals surface area contributed by atoms with Crippen molar-refractivity contribution in [3.63, 3.8) is 0 Å². The van der Waals surface area contributed by atoms with Crippen molar-refractivity contribution in [1.82, 2.24) is 25.9 Å². The summed E-state index contributed by atoms with van der Waals surface area (Å²) in [7, 11) is 0. The topological polar surface area (TPSA) is 237 Å². The molecule has 9 N–H and O–H groups in total. The molecule has 0 bridgehead atoms. The average molecular weight is 442 g/mol. The number of aliphatic hydroxyl groups is 1. The van der Waals surface area contributed by atoms with Crippen molar-refractivity contribution < 1.29 is 39.3 Å². The van der Waals surface area contributed by atoms with E-state index >= 15 is 0 Å². The first-order valence-electron chi connectivity index (χ1n) is 9.19. The summed E-state index contributed by atoms with van der Waals surface area (Å²) in [5.74, 6) is -5.73. The van der Waals surface area contributed by atoms with Gasteiger partial charge in [-0.1, -0.05) is 0 Å². The number of hydrogen-bond acceptors (Lipinski definition) is 8. The molecule has 0 fully saturated rings. The number of aromatic amines is 1. The highest BCUT2D eigenvalue weighted by Gasteiger charge is 2.33. The van der Waals surface area contributed by atoms with Gasteiger partial charge in [-0.15, -0.1) is 0 Å². The Bertz CT molecular complexity index is 795. The molecular formula is C17H26N6O8. The Morgan fingerprint density at radius 2 is 1.65 bits per heavy atom. The molecule has 0 aliphatic rings. The lowest BCUT2D eigenvalue weighted by Crippen LogP contribution is -2.60. The van der Waals surface area contributed by atoms with Crippen LogP contribution in [-0.2, 0) is 30.4 Å². The van der Waals surface area contributed by atoms with E-state index in [1.54, 1.807) is 0 Å². The van der Waals surface area contributed by atoms with E-state index in [0.717, 1.165) is 0 Å². The van der Waals surface area contributed by atoms with Crippen LogP contribution >= 0.6 is 0 Å². The minimum absolute atomic E-state index is 0.171. The molecule has 0 saturated carbocycles. The van der Waals surface area contributed by atoms with E-state index in [1.165, 1.54) is 26.4 Å². The van der Waals surface area contributed by atoms with Crippen LogP contribution in [0.3, 0.4) is 0 Å². The van der Waals surface area contributed by atoms with Gasteiger partial charge in [-0.05, 0) is 13.8 Å². The van der Waals surface area contributed by atoms with Gasteiger partial charge in [-0.2, -0.15) is 0 Å². The van der Waals surface area contributed by atoms with Crippen LogP contribution in [0.2, 0.25) is 0 Å². The van der Waals surface area contributed by atoms with Gasteiger partial charge in [0.15, 0.2) is 0 Å². The lowest BCUT2D eigenvalue weighted by molar-refractivity contribution is -0.143. The van der Waals surface area contributed by atoms with Gasteiger partial charge in [-0.3, -0.25) is 19.2 Å². The van der Waals surface area contributed by atoms with Crippen molar-refractivity contribution in [3.8, 4) is 0 Å². The van der Waals surface area contributed by atoms with Gasteiger partial charge < -0.3 is 42.0 Å². The van der Waals surface area contributed by atoms with Gasteiger partial charge in [0.2, 0.25) is 17.7 Å². The largest absolute Gasteiger partial charge is 0.481 e. The molecule has 1 aromatic rings. The number of aliphatic hydroxyl groups excluding tert-OH is 1. The molecule has 5 unspecified atom stereocenters. The number of H-pyrrole nitrogens is 1. The molecule has 31 heavy (non-hydrogen) atoms. The van der Waals surface area contributed by atoms with Crippen LogP contribution in [-0.4, -0.2) is 85.2 Å². The monoisotopic (exact) mass is 442 g/mol. The Kier molecular flexibility index (Phi) is 9.56. The fourth-order valence-corrected chi connectivity index (χ4v) is 2.42. The molecule has 14 nitrogen and oxygen atoms in total. The summed E-state index contributed by atoms with van der Waals surface area (Å²) >= 11 is 0. The van der Waals surface area contributed by atoms with Crippen LogP contribution in [0.25, 0.3) is 0 Å². The Morgan fingerprint density at radius 3 is 2.10 bits per heavy atom. The predicted molar refractivity (Wildman–Crippen MR) is 103 cm³/mol. The van der Waals surface area contributed by atoms with Crippen molar-refractivity contribution >= 4 is 29.7 Å². The van der Waals surface area contributed by atoms with Crippen LogP contribution in [0, 0.1) is 0 Å². The number of rotatable bonds is 12. The summed E-state index contributed by atoms with van der Waals surface area (Å²) in [6.45, 7) is 2.54. The van der Waals surface area contributed by atoms with E-state index in [4.69, 9.17) is 10.8 Å². The standard InChI is InChI=1S/C17H26N6O8/c1-7(18)14(27)23-13(8(2)24)16(29)21-10(4-12(25)26)15(28)22-11(17(30)31)3-9-5-19-6-20-9/h5-8,10-11,13,24H,3-4,18H2,1-2H3,(H,19,20)(H,21,29)(H,22,28)(H,23,27)(H,25,26)(H,30,31). The molecule has 14 heteroatoms. The Morgan fingerprint density at radius 1 is 1.03 bits per heavy atom. The second-order valence-corrected chi connectivity index (χ2v) is 6.85. The quantitative estimate of drug-likeness (QED) is 0.160. The first-order chi connectivity index (χ1) is 14.4. The summed E-state index contributed by atoms with van der Waals surface area (Å²) in [6.07, 6.45) is 0.226. The molecule has 1 rings (SSSR count). The summed E-state index contributed by atoms with van der Waals surface area (Å²) < 4.78 is 0. The fourth-order valence-electron chi connectivity index (χ4n) is 2.42. The van der Waals surface area contributed by atoms with Crippen molar-refractivity contribution in [1.29, 1.82) is 0 Å². The van der Waals surface area contributed by atoms with E-state index in [2.05, 4.69) is 25.9 Å². The van der Waals surface area contributed by atoms with Crippen molar-refractivity contribution in [3.05, 3.63) is 18.2 Å². The number of amides is 3. The maximum Gasteiger partial charge on any atom is 0.326 e. The third-order valence-electron chi connectivity index (χ3n) is 4.08. The number of nitrogens with one attached hydrogen (secondary N) is 4. The number of carboxylic acid groups (broad SMARTS) is 2. The number of hydrogen-bond donors (Lipinski definition) is 8. The average Bonchev–Trinajstić information content (AvgIpc) is 3.16. The highest BCUT2D eigenvalue weighted by Crippen LogP contribution is 2.03. The first kappa shape index (κ1) is 25.5. The molecule has 1 aromatic heterocycles. The number of imidazole rings is 1. The number of nitrogens with two attached hydrogens (primary N) is 1. The van der Waals surface area contributed by atoms with E-state index in [9.17, 15) is 34.2 Å². The number of carbonyl (C=O) groups is 5. The smallest absolute Gasteiger partial charge is 0.326 e. The molecule has 0 aliphatic heterocycles. The number of carbonyl (C=O) groups excluding carboxylic acids is 3. The highest BCUT2D eigenvalue weighted by molar-refractivity contribution is 5.95. The number of carboxylic acids is 2. The van der Waals surface area contributed by atoms with Gasteiger partial charge >= 0.3 is 11.9 Å².